The van der Waals surface area contributed by atoms with Gasteiger partial charge < -0.3 is 15.1 Å². The summed E-state index contributed by atoms with van der Waals surface area (Å²) in [6.45, 7) is 3.83. The SMILES string of the molecule is CC(=O)N(CCC(=O)Nc1cccc(C)c1)c1ccc(N(C)C)cc1. The van der Waals surface area contributed by atoms with Crippen LogP contribution in [0.25, 0.3) is 0 Å². The zero-order chi connectivity index (χ0) is 18.4. The molecule has 0 aliphatic rings. The molecule has 0 radical (unpaired) electrons. The summed E-state index contributed by atoms with van der Waals surface area (Å²) in [4.78, 5) is 27.7. The molecule has 2 amide bonds. The number of nitrogens with zero attached hydrogens (tertiary/aromatic N) is 2. The number of benzene rings is 2. The van der Waals surface area contributed by atoms with Crippen molar-refractivity contribution in [2.45, 2.75) is 20.3 Å². The third-order valence-electron chi connectivity index (χ3n) is 3.92. The molecule has 0 atom stereocenters. The number of aryl methyl sites for hydroxylation is 1. The maximum Gasteiger partial charge on any atom is 0.226 e. The predicted octanol–water partition coefficient (Wildman–Crippen LogP) is 3.44. The van der Waals surface area contributed by atoms with Gasteiger partial charge in [0.2, 0.25) is 11.8 Å². The van der Waals surface area contributed by atoms with Gasteiger partial charge in [-0.15, -0.1) is 0 Å². The summed E-state index contributed by atoms with van der Waals surface area (Å²) in [5.41, 5.74) is 3.71. The third-order valence-corrected chi connectivity index (χ3v) is 3.92. The average Bonchev–Trinajstić information content (AvgIpc) is 2.55. The van der Waals surface area contributed by atoms with Crippen LogP contribution in [0.5, 0.6) is 0 Å². The van der Waals surface area contributed by atoms with E-state index >= 15 is 0 Å². The van der Waals surface area contributed by atoms with Crippen LogP contribution in [0.1, 0.15) is 18.9 Å². The van der Waals surface area contributed by atoms with Gasteiger partial charge in [0.25, 0.3) is 0 Å². The number of nitrogens with one attached hydrogen (secondary N) is 1. The number of rotatable bonds is 6. The van der Waals surface area contributed by atoms with Gasteiger partial charge in [-0.3, -0.25) is 9.59 Å². The van der Waals surface area contributed by atoms with Gasteiger partial charge in [-0.2, -0.15) is 0 Å². The van der Waals surface area contributed by atoms with Crippen LogP contribution in [-0.2, 0) is 9.59 Å². The van der Waals surface area contributed by atoms with Crippen molar-refractivity contribution in [3.63, 3.8) is 0 Å². The van der Waals surface area contributed by atoms with Crippen LogP contribution in [0.4, 0.5) is 17.1 Å². The van der Waals surface area contributed by atoms with E-state index in [-0.39, 0.29) is 18.2 Å². The minimum Gasteiger partial charge on any atom is -0.378 e. The minimum atomic E-state index is -0.109. The van der Waals surface area contributed by atoms with Crippen LogP contribution in [0, 0.1) is 6.92 Å². The van der Waals surface area contributed by atoms with Crippen LogP contribution in [0.15, 0.2) is 48.5 Å². The number of hydrogen-bond acceptors (Lipinski definition) is 3. The van der Waals surface area contributed by atoms with Crippen LogP contribution >= 0.6 is 0 Å². The summed E-state index contributed by atoms with van der Waals surface area (Å²) in [5, 5.41) is 2.87. The standard InChI is InChI=1S/C20H25N3O2/c1-15-6-5-7-17(14-15)21-20(25)12-13-23(16(2)24)19-10-8-18(9-11-19)22(3)4/h5-11,14H,12-13H2,1-4H3,(H,21,25). The Labute approximate surface area is 149 Å². The van der Waals surface area contributed by atoms with E-state index in [1.165, 1.54) is 6.92 Å². The van der Waals surface area contributed by atoms with E-state index in [1.807, 2.05) is 74.4 Å². The lowest BCUT2D eigenvalue weighted by Gasteiger charge is -2.22. The Morgan fingerprint density at radius 2 is 1.64 bits per heavy atom. The zero-order valence-electron chi connectivity index (χ0n) is 15.2. The summed E-state index contributed by atoms with van der Waals surface area (Å²) in [7, 11) is 3.93. The predicted molar refractivity (Wildman–Crippen MR) is 103 cm³/mol. The summed E-state index contributed by atoms with van der Waals surface area (Å²) in [6.07, 6.45) is 0.239. The van der Waals surface area contributed by atoms with Crippen molar-refractivity contribution in [3.8, 4) is 0 Å². The van der Waals surface area contributed by atoms with Crippen LogP contribution in [0.3, 0.4) is 0 Å². The molecular formula is C20H25N3O2. The maximum absolute atomic E-state index is 12.2. The highest BCUT2D eigenvalue weighted by Gasteiger charge is 2.14. The van der Waals surface area contributed by atoms with Gasteiger partial charge in [-0.1, -0.05) is 12.1 Å². The lowest BCUT2D eigenvalue weighted by Crippen LogP contribution is -2.32. The monoisotopic (exact) mass is 339 g/mol. The van der Waals surface area contributed by atoms with Crippen molar-refractivity contribution < 1.29 is 9.59 Å². The molecular weight excluding hydrogens is 314 g/mol. The van der Waals surface area contributed by atoms with E-state index in [2.05, 4.69) is 5.32 Å². The van der Waals surface area contributed by atoms with Crippen molar-refractivity contribution >= 4 is 28.9 Å². The normalized spacial score (nSPS) is 10.2. The first kappa shape index (κ1) is 18.5. The summed E-state index contributed by atoms with van der Waals surface area (Å²) in [5.74, 6) is -0.192. The first-order valence-electron chi connectivity index (χ1n) is 8.29. The number of hydrogen-bond donors (Lipinski definition) is 1. The molecule has 0 aliphatic carbocycles. The van der Waals surface area contributed by atoms with E-state index in [9.17, 15) is 9.59 Å². The Hall–Kier alpha value is -2.82. The lowest BCUT2D eigenvalue weighted by molar-refractivity contribution is -0.117. The van der Waals surface area contributed by atoms with Gasteiger partial charge in [-0.25, -0.2) is 0 Å². The van der Waals surface area contributed by atoms with Gasteiger partial charge in [0, 0.05) is 51.0 Å². The minimum absolute atomic E-state index is 0.0824. The topological polar surface area (TPSA) is 52.7 Å². The van der Waals surface area contributed by atoms with E-state index < -0.39 is 0 Å². The lowest BCUT2D eigenvalue weighted by atomic mass is 10.2. The molecule has 2 aromatic carbocycles. The van der Waals surface area contributed by atoms with E-state index in [1.54, 1.807) is 4.90 Å². The van der Waals surface area contributed by atoms with E-state index in [4.69, 9.17) is 0 Å². The van der Waals surface area contributed by atoms with Crippen LogP contribution < -0.4 is 15.1 Å². The average molecular weight is 339 g/mol. The van der Waals surface area contributed by atoms with E-state index in [0.717, 1.165) is 22.6 Å². The summed E-state index contributed by atoms with van der Waals surface area (Å²) < 4.78 is 0. The van der Waals surface area contributed by atoms with Gasteiger partial charge in [0.1, 0.15) is 0 Å². The smallest absolute Gasteiger partial charge is 0.226 e. The molecule has 0 saturated heterocycles. The number of carbonyl (C=O) groups is 2. The summed E-state index contributed by atoms with van der Waals surface area (Å²) >= 11 is 0. The molecule has 0 bridgehead atoms. The molecule has 0 fully saturated rings. The highest BCUT2D eigenvalue weighted by Crippen LogP contribution is 2.20. The molecule has 25 heavy (non-hydrogen) atoms. The fourth-order valence-corrected chi connectivity index (χ4v) is 2.56. The molecule has 1 N–H and O–H groups in total. The largest absolute Gasteiger partial charge is 0.378 e. The Morgan fingerprint density at radius 3 is 2.20 bits per heavy atom. The second-order valence-electron chi connectivity index (χ2n) is 6.25. The third kappa shape index (κ3) is 5.35. The second-order valence-corrected chi connectivity index (χ2v) is 6.25. The highest BCUT2D eigenvalue weighted by atomic mass is 16.2. The molecule has 2 aromatic rings. The quantitative estimate of drug-likeness (QED) is 0.877. The molecule has 2 rings (SSSR count). The van der Waals surface area contributed by atoms with Gasteiger partial charge in [-0.05, 0) is 48.9 Å². The fourth-order valence-electron chi connectivity index (χ4n) is 2.56. The highest BCUT2D eigenvalue weighted by molar-refractivity contribution is 5.94. The van der Waals surface area contributed by atoms with Crippen molar-refractivity contribution in [1.82, 2.24) is 0 Å². The fraction of sp³-hybridized carbons (Fsp3) is 0.300. The molecule has 0 spiro atoms. The Bertz CT molecular complexity index is 739. The van der Waals surface area contributed by atoms with Crippen molar-refractivity contribution in [2.24, 2.45) is 0 Å². The number of carbonyl (C=O) groups excluding carboxylic acids is 2. The van der Waals surface area contributed by atoms with Crippen molar-refractivity contribution in [3.05, 3.63) is 54.1 Å². The molecule has 132 valence electrons. The molecule has 0 saturated carbocycles. The molecule has 0 unspecified atom stereocenters. The van der Waals surface area contributed by atoms with Gasteiger partial charge in [0.05, 0.1) is 0 Å². The zero-order valence-corrected chi connectivity index (χ0v) is 15.2. The molecule has 5 heteroatoms. The van der Waals surface area contributed by atoms with E-state index in [0.29, 0.717) is 6.54 Å². The Morgan fingerprint density at radius 1 is 1.00 bits per heavy atom. The van der Waals surface area contributed by atoms with Gasteiger partial charge >= 0.3 is 0 Å². The molecule has 0 heterocycles. The molecule has 0 aliphatic heterocycles. The van der Waals surface area contributed by atoms with Crippen LogP contribution in [-0.4, -0.2) is 32.5 Å². The summed E-state index contributed by atoms with van der Waals surface area (Å²) in [6, 6.07) is 15.4. The molecule has 0 aromatic heterocycles. The number of anilines is 3. The Kier molecular flexibility index (Phi) is 6.17. The molecule has 5 nitrogen and oxygen atoms in total. The Balaban J connectivity index is 1.99. The van der Waals surface area contributed by atoms with Crippen molar-refractivity contribution in [2.75, 3.05) is 35.8 Å². The maximum atomic E-state index is 12.2. The first-order valence-corrected chi connectivity index (χ1v) is 8.29. The second kappa shape index (κ2) is 8.33. The van der Waals surface area contributed by atoms with Crippen molar-refractivity contribution in [1.29, 1.82) is 0 Å². The van der Waals surface area contributed by atoms with Crippen LogP contribution in [0.2, 0.25) is 0 Å². The van der Waals surface area contributed by atoms with Gasteiger partial charge in [0.15, 0.2) is 0 Å². The first-order chi connectivity index (χ1) is 11.9. The number of amides is 2.